The first-order valence-electron chi connectivity index (χ1n) is 8.11. The van der Waals surface area contributed by atoms with Crippen molar-refractivity contribution in [1.29, 1.82) is 0 Å². The minimum atomic E-state index is -4.63. The third-order valence-corrected chi connectivity index (χ3v) is 5.26. The Morgan fingerprint density at radius 3 is 2.69 bits per heavy atom. The van der Waals surface area contributed by atoms with Crippen molar-refractivity contribution >= 4 is 39.1 Å². The zero-order valence-electron chi connectivity index (χ0n) is 14.8. The first-order chi connectivity index (χ1) is 13.5. The summed E-state index contributed by atoms with van der Waals surface area (Å²) in [6, 6.07) is 3.98. The number of carbonyl (C=O) groups excluding carboxylic acids is 1. The number of rotatable bonds is 5. The van der Waals surface area contributed by atoms with Crippen LogP contribution in [0, 0.1) is 12.7 Å². The molecule has 0 radical (unpaired) electrons. The summed E-state index contributed by atoms with van der Waals surface area (Å²) in [6.07, 6.45) is -1.74. The Hall–Kier alpha value is -2.40. The van der Waals surface area contributed by atoms with Gasteiger partial charge < -0.3 is 5.32 Å². The van der Waals surface area contributed by atoms with Crippen LogP contribution in [0.25, 0.3) is 0 Å². The molecule has 0 unspecified atom stereocenters. The zero-order chi connectivity index (χ0) is 21.3. The van der Waals surface area contributed by atoms with E-state index in [-0.39, 0.29) is 21.7 Å². The fraction of sp³-hybridized carbons (Fsp3) is 0.235. The maximum absolute atomic E-state index is 13.1. The third kappa shape index (κ3) is 4.96. The van der Waals surface area contributed by atoms with Gasteiger partial charge in [-0.2, -0.15) is 23.4 Å². The average molecular weight is 495 g/mol. The molecule has 0 aliphatic carbocycles. The number of halogens is 6. The van der Waals surface area contributed by atoms with E-state index in [1.807, 2.05) is 0 Å². The lowest BCUT2D eigenvalue weighted by Crippen LogP contribution is -2.20. The van der Waals surface area contributed by atoms with E-state index in [4.69, 9.17) is 11.6 Å². The summed E-state index contributed by atoms with van der Waals surface area (Å²) >= 11 is 8.83. The predicted molar refractivity (Wildman–Crippen MR) is 101 cm³/mol. The van der Waals surface area contributed by atoms with Gasteiger partial charge in [-0.05, 0) is 40.5 Å². The first kappa shape index (κ1) is 21.3. The Morgan fingerprint density at radius 1 is 1.34 bits per heavy atom. The van der Waals surface area contributed by atoms with Crippen LogP contribution in [0.5, 0.6) is 0 Å². The summed E-state index contributed by atoms with van der Waals surface area (Å²) in [5.41, 5.74) is 0.0554. The van der Waals surface area contributed by atoms with Crippen LogP contribution in [0.4, 0.5) is 23.2 Å². The van der Waals surface area contributed by atoms with E-state index in [9.17, 15) is 22.4 Å². The summed E-state index contributed by atoms with van der Waals surface area (Å²) in [4.78, 5) is 12.2. The molecular weight excluding hydrogens is 482 g/mol. The van der Waals surface area contributed by atoms with Crippen LogP contribution in [-0.2, 0) is 24.1 Å². The molecule has 0 saturated carbocycles. The maximum atomic E-state index is 13.1. The van der Waals surface area contributed by atoms with Crippen LogP contribution in [0.3, 0.4) is 0 Å². The van der Waals surface area contributed by atoms with Crippen molar-refractivity contribution in [3.63, 3.8) is 0 Å². The molecule has 0 aliphatic heterocycles. The van der Waals surface area contributed by atoms with Crippen molar-refractivity contribution in [3.05, 3.63) is 62.9 Å². The van der Waals surface area contributed by atoms with Gasteiger partial charge in [-0.25, -0.2) is 4.39 Å². The highest BCUT2D eigenvalue weighted by atomic mass is 79.9. The zero-order valence-corrected chi connectivity index (χ0v) is 17.1. The molecule has 0 saturated heterocycles. The van der Waals surface area contributed by atoms with Gasteiger partial charge in [-0.3, -0.25) is 14.2 Å². The summed E-state index contributed by atoms with van der Waals surface area (Å²) in [5.74, 6) is -1.03. The van der Waals surface area contributed by atoms with E-state index in [1.54, 1.807) is 0 Å². The molecule has 154 valence electrons. The molecule has 29 heavy (non-hydrogen) atoms. The smallest absolute Gasteiger partial charge is 0.322 e. The third-order valence-electron chi connectivity index (χ3n) is 3.96. The van der Waals surface area contributed by atoms with E-state index in [1.165, 1.54) is 42.2 Å². The molecule has 1 N–H and O–H groups in total. The lowest BCUT2D eigenvalue weighted by Gasteiger charge is -2.06. The van der Waals surface area contributed by atoms with E-state index in [2.05, 4.69) is 31.4 Å². The molecule has 2 aromatic heterocycles. The molecule has 0 atom stereocenters. The number of benzene rings is 1. The van der Waals surface area contributed by atoms with Gasteiger partial charge in [0.2, 0.25) is 5.91 Å². The minimum absolute atomic E-state index is 0.175. The van der Waals surface area contributed by atoms with E-state index < -0.39 is 30.1 Å². The van der Waals surface area contributed by atoms with Crippen molar-refractivity contribution in [3.8, 4) is 0 Å². The SMILES string of the molecule is Cc1c(Br)c(C(F)(F)F)nn1CC(=O)Nc1cnn(Cc2ccc(F)cc2Cl)c1. The number of hydrogen-bond acceptors (Lipinski definition) is 3. The standard InChI is InChI=1S/C17H13BrClF4N5O/c1-9-15(18)16(17(21,22)23)26-28(9)8-14(29)25-12-5-24-27(7-12)6-10-2-3-11(20)4-13(10)19/h2-5,7H,6,8H2,1H3,(H,25,29). The average Bonchev–Trinajstić information content (AvgIpc) is 3.16. The van der Waals surface area contributed by atoms with Gasteiger partial charge >= 0.3 is 6.18 Å². The number of aromatic nitrogens is 4. The second kappa shape index (κ2) is 8.15. The minimum Gasteiger partial charge on any atom is -0.322 e. The first-order valence-corrected chi connectivity index (χ1v) is 9.28. The summed E-state index contributed by atoms with van der Waals surface area (Å²) < 4.78 is 54.1. The van der Waals surface area contributed by atoms with Gasteiger partial charge in [0.25, 0.3) is 0 Å². The fourth-order valence-electron chi connectivity index (χ4n) is 2.53. The molecule has 6 nitrogen and oxygen atoms in total. The molecule has 0 fully saturated rings. The summed E-state index contributed by atoms with van der Waals surface area (Å²) in [6.45, 7) is 1.26. The Balaban J connectivity index is 1.66. The molecule has 12 heteroatoms. The lowest BCUT2D eigenvalue weighted by molar-refractivity contribution is -0.142. The Kier molecular flexibility index (Phi) is 5.99. The van der Waals surface area contributed by atoms with Crippen LogP contribution in [-0.4, -0.2) is 25.5 Å². The number of carbonyl (C=O) groups is 1. The highest BCUT2D eigenvalue weighted by Crippen LogP contribution is 2.35. The molecule has 2 heterocycles. The van der Waals surface area contributed by atoms with Gasteiger partial charge in [-0.15, -0.1) is 0 Å². The topological polar surface area (TPSA) is 64.7 Å². The molecule has 3 rings (SSSR count). The lowest BCUT2D eigenvalue weighted by atomic mass is 10.2. The molecular formula is C17H13BrClF4N5O. The van der Waals surface area contributed by atoms with Gasteiger partial charge in [0, 0.05) is 11.2 Å². The molecule has 1 aromatic carbocycles. The normalized spacial score (nSPS) is 11.7. The van der Waals surface area contributed by atoms with Crippen LogP contribution < -0.4 is 5.32 Å². The largest absolute Gasteiger partial charge is 0.436 e. The van der Waals surface area contributed by atoms with E-state index in [0.717, 1.165) is 4.68 Å². The number of hydrogen-bond donors (Lipinski definition) is 1. The Morgan fingerprint density at radius 2 is 2.07 bits per heavy atom. The number of anilines is 1. The van der Waals surface area contributed by atoms with Crippen molar-refractivity contribution in [2.45, 2.75) is 26.2 Å². The summed E-state index contributed by atoms with van der Waals surface area (Å²) in [5, 5.41) is 10.3. The fourth-order valence-corrected chi connectivity index (χ4v) is 3.27. The number of alkyl halides is 3. The van der Waals surface area contributed by atoms with Crippen molar-refractivity contribution in [2.75, 3.05) is 5.32 Å². The number of amides is 1. The monoisotopic (exact) mass is 493 g/mol. The Labute approximate surface area is 175 Å². The molecule has 1 amide bonds. The van der Waals surface area contributed by atoms with Crippen molar-refractivity contribution in [2.24, 2.45) is 0 Å². The molecule has 3 aromatic rings. The van der Waals surface area contributed by atoms with Crippen LogP contribution in [0.15, 0.2) is 35.1 Å². The van der Waals surface area contributed by atoms with E-state index in [0.29, 0.717) is 11.3 Å². The second-order valence-electron chi connectivity index (χ2n) is 6.11. The second-order valence-corrected chi connectivity index (χ2v) is 7.31. The molecule has 0 aliphatic rings. The van der Waals surface area contributed by atoms with Gasteiger partial charge in [0.1, 0.15) is 12.4 Å². The maximum Gasteiger partial charge on any atom is 0.436 e. The number of nitrogens with one attached hydrogen (secondary N) is 1. The number of nitrogens with zero attached hydrogens (tertiary/aromatic N) is 4. The van der Waals surface area contributed by atoms with Crippen molar-refractivity contribution in [1.82, 2.24) is 19.6 Å². The Bertz CT molecular complexity index is 1060. The van der Waals surface area contributed by atoms with Crippen LogP contribution in [0.2, 0.25) is 5.02 Å². The van der Waals surface area contributed by atoms with Gasteiger partial charge in [0.05, 0.1) is 28.6 Å². The molecule has 0 bridgehead atoms. The summed E-state index contributed by atoms with van der Waals surface area (Å²) in [7, 11) is 0. The van der Waals surface area contributed by atoms with Crippen molar-refractivity contribution < 1.29 is 22.4 Å². The quantitative estimate of drug-likeness (QED) is 0.525. The van der Waals surface area contributed by atoms with Crippen LogP contribution >= 0.6 is 27.5 Å². The van der Waals surface area contributed by atoms with Crippen LogP contribution in [0.1, 0.15) is 17.0 Å². The highest BCUT2D eigenvalue weighted by Gasteiger charge is 2.38. The van der Waals surface area contributed by atoms with Gasteiger partial charge in [-0.1, -0.05) is 17.7 Å². The van der Waals surface area contributed by atoms with E-state index >= 15 is 0 Å². The highest BCUT2D eigenvalue weighted by molar-refractivity contribution is 9.10. The van der Waals surface area contributed by atoms with Gasteiger partial charge in [0.15, 0.2) is 5.69 Å². The molecule has 0 spiro atoms. The predicted octanol–water partition coefficient (Wildman–Crippen LogP) is 4.65.